The first-order chi connectivity index (χ1) is 9.19. The number of imidazole rings is 1. The molecule has 0 aliphatic rings. The van der Waals surface area contributed by atoms with Gasteiger partial charge >= 0.3 is 0 Å². The molecule has 0 aliphatic heterocycles. The van der Waals surface area contributed by atoms with E-state index in [4.69, 9.17) is 11.6 Å². The molecule has 0 radical (unpaired) electrons. The number of nitrogens with zero attached hydrogens (tertiary/aromatic N) is 3. The van der Waals surface area contributed by atoms with E-state index in [0.717, 1.165) is 17.5 Å². The lowest BCUT2D eigenvalue weighted by Gasteiger charge is -2.16. The third-order valence-electron chi connectivity index (χ3n) is 3.00. The summed E-state index contributed by atoms with van der Waals surface area (Å²) in [7, 11) is 0. The molecular formula is C13H17ClN4O. The van der Waals surface area contributed by atoms with Crippen LogP contribution in [0.1, 0.15) is 32.1 Å². The molecule has 0 aliphatic carbocycles. The van der Waals surface area contributed by atoms with Crippen molar-refractivity contribution < 1.29 is 4.79 Å². The molecule has 1 amide bonds. The Morgan fingerprint density at radius 3 is 3.05 bits per heavy atom. The van der Waals surface area contributed by atoms with E-state index in [1.165, 1.54) is 0 Å². The van der Waals surface area contributed by atoms with Gasteiger partial charge < -0.3 is 9.88 Å². The van der Waals surface area contributed by atoms with E-state index in [-0.39, 0.29) is 17.8 Å². The minimum absolute atomic E-state index is 0.0238. The van der Waals surface area contributed by atoms with E-state index < -0.39 is 0 Å². The summed E-state index contributed by atoms with van der Waals surface area (Å²) in [5.41, 5.74) is 1.64. The molecule has 1 N–H and O–H groups in total. The maximum Gasteiger partial charge on any atom is 0.242 e. The Morgan fingerprint density at radius 2 is 2.37 bits per heavy atom. The number of alkyl halides is 1. The molecule has 2 aromatic rings. The molecule has 2 rings (SSSR count). The summed E-state index contributed by atoms with van der Waals surface area (Å²) in [5.74, 6) is 0.924. The molecule has 1 unspecified atom stereocenters. The number of aromatic nitrogens is 3. The molecule has 0 saturated heterocycles. The summed E-state index contributed by atoms with van der Waals surface area (Å²) in [6, 6.07) is 1.51. The quantitative estimate of drug-likeness (QED) is 0.855. The molecule has 0 bridgehead atoms. The number of rotatable bonds is 5. The highest BCUT2D eigenvalue weighted by Crippen LogP contribution is 2.21. The number of halogens is 1. The molecule has 19 heavy (non-hydrogen) atoms. The third-order valence-corrected chi connectivity index (χ3v) is 3.24. The second-order valence-electron chi connectivity index (χ2n) is 4.36. The lowest BCUT2D eigenvalue weighted by Crippen LogP contribution is -2.32. The van der Waals surface area contributed by atoms with E-state index in [1.807, 2.05) is 24.5 Å². The summed E-state index contributed by atoms with van der Waals surface area (Å²) in [6.45, 7) is 4.55. The highest BCUT2D eigenvalue weighted by molar-refractivity contribution is 6.16. The number of amides is 1. The third kappa shape index (κ3) is 2.71. The highest BCUT2D eigenvalue weighted by Gasteiger charge is 2.20. The van der Waals surface area contributed by atoms with Crippen LogP contribution in [0.5, 0.6) is 0 Å². The van der Waals surface area contributed by atoms with E-state index in [2.05, 4.69) is 15.3 Å². The van der Waals surface area contributed by atoms with Gasteiger partial charge in [0.15, 0.2) is 0 Å². The number of carbonyl (C=O) groups excluding carboxylic acids is 1. The minimum Gasteiger partial charge on any atom is -0.354 e. The van der Waals surface area contributed by atoms with Crippen molar-refractivity contribution in [2.45, 2.75) is 32.2 Å². The molecular weight excluding hydrogens is 264 g/mol. The van der Waals surface area contributed by atoms with Crippen molar-refractivity contribution >= 4 is 28.5 Å². The Labute approximate surface area is 117 Å². The van der Waals surface area contributed by atoms with Crippen LogP contribution < -0.4 is 5.32 Å². The van der Waals surface area contributed by atoms with Gasteiger partial charge in [0.2, 0.25) is 5.91 Å². The molecule has 5 nitrogen and oxygen atoms in total. The van der Waals surface area contributed by atoms with Gasteiger partial charge in [-0.05, 0) is 19.4 Å². The standard InChI is InChI=1S/C13H17ClN4O/c1-3-5-16-13(19)9(2)18-11-4-6-15-8-10(11)17-12(18)7-14/h4,6,8-9H,3,5,7H2,1-2H3,(H,16,19). The van der Waals surface area contributed by atoms with Crippen LogP contribution in [0.15, 0.2) is 18.5 Å². The van der Waals surface area contributed by atoms with Gasteiger partial charge in [-0.1, -0.05) is 6.92 Å². The van der Waals surface area contributed by atoms with Crippen LogP contribution in [0.3, 0.4) is 0 Å². The molecule has 0 aromatic carbocycles. The zero-order valence-electron chi connectivity index (χ0n) is 11.1. The van der Waals surface area contributed by atoms with E-state index in [9.17, 15) is 4.79 Å². The van der Waals surface area contributed by atoms with Crippen molar-refractivity contribution in [2.24, 2.45) is 0 Å². The first-order valence-electron chi connectivity index (χ1n) is 6.33. The summed E-state index contributed by atoms with van der Waals surface area (Å²) in [5, 5.41) is 2.89. The topological polar surface area (TPSA) is 59.8 Å². The van der Waals surface area contributed by atoms with Crippen LogP contribution in [0, 0.1) is 0 Å². The molecule has 0 saturated carbocycles. The molecule has 0 fully saturated rings. The predicted molar refractivity (Wildman–Crippen MR) is 75.1 cm³/mol. The van der Waals surface area contributed by atoms with Crippen molar-refractivity contribution in [3.8, 4) is 0 Å². The van der Waals surface area contributed by atoms with Crippen LogP contribution in [0.25, 0.3) is 11.0 Å². The SMILES string of the molecule is CCCNC(=O)C(C)n1c(CCl)nc2cnccc21. The fourth-order valence-corrected chi connectivity index (χ4v) is 2.23. The molecule has 6 heteroatoms. The van der Waals surface area contributed by atoms with E-state index >= 15 is 0 Å². The predicted octanol–water partition coefficient (Wildman–Crippen LogP) is 2.26. The van der Waals surface area contributed by atoms with Crippen LogP contribution >= 0.6 is 11.6 Å². The van der Waals surface area contributed by atoms with Gasteiger partial charge in [0, 0.05) is 12.7 Å². The zero-order chi connectivity index (χ0) is 13.8. The van der Waals surface area contributed by atoms with Gasteiger partial charge in [0.25, 0.3) is 0 Å². The Balaban J connectivity index is 2.39. The highest BCUT2D eigenvalue weighted by atomic mass is 35.5. The summed E-state index contributed by atoms with van der Waals surface area (Å²) >= 11 is 5.92. The van der Waals surface area contributed by atoms with Crippen molar-refractivity contribution in [1.29, 1.82) is 0 Å². The first-order valence-corrected chi connectivity index (χ1v) is 6.87. The van der Waals surface area contributed by atoms with Gasteiger partial charge in [-0.2, -0.15) is 0 Å². The number of fused-ring (bicyclic) bond motifs is 1. The van der Waals surface area contributed by atoms with Gasteiger partial charge in [0.1, 0.15) is 17.4 Å². The van der Waals surface area contributed by atoms with Crippen LogP contribution in [-0.2, 0) is 10.7 Å². The number of hydrogen-bond acceptors (Lipinski definition) is 3. The molecule has 2 heterocycles. The Kier molecular flexibility index (Phi) is 4.37. The molecule has 102 valence electrons. The van der Waals surface area contributed by atoms with Crippen LogP contribution in [0.2, 0.25) is 0 Å². The van der Waals surface area contributed by atoms with Gasteiger partial charge in [0.05, 0.1) is 17.6 Å². The van der Waals surface area contributed by atoms with Crippen LogP contribution in [-0.4, -0.2) is 27.0 Å². The summed E-state index contributed by atoms with van der Waals surface area (Å²) < 4.78 is 1.87. The molecule has 1 atom stereocenters. The fourth-order valence-electron chi connectivity index (χ4n) is 2.04. The average Bonchev–Trinajstić information content (AvgIpc) is 2.82. The smallest absolute Gasteiger partial charge is 0.242 e. The molecule has 0 spiro atoms. The minimum atomic E-state index is -0.340. The maximum absolute atomic E-state index is 12.1. The summed E-state index contributed by atoms with van der Waals surface area (Å²) in [4.78, 5) is 20.5. The average molecular weight is 281 g/mol. The Hall–Kier alpha value is -1.62. The molecule has 2 aromatic heterocycles. The van der Waals surface area contributed by atoms with Gasteiger partial charge in [-0.15, -0.1) is 11.6 Å². The van der Waals surface area contributed by atoms with Crippen molar-refractivity contribution in [2.75, 3.05) is 6.54 Å². The Morgan fingerprint density at radius 1 is 1.58 bits per heavy atom. The number of pyridine rings is 1. The lowest BCUT2D eigenvalue weighted by atomic mass is 10.2. The van der Waals surface area contributed by atoms with Gasteiger partial charge in [-0.3, -0.25) is 9.78 Å². The van der Waals surface area contributed by atoms with Crippen molar-refractivity contribution in [3.63, 3.8) is 0 Å². The summed E-state index contributed by atoms with van der Waals surface area (Å²) in [6.07, 6.45) is 4.28. The van der Waals surface area contributed by atoms with Gasteiger partial charge in [-0.25, -0.2) is 4.98 Å². The fraction of sp³-hybridized carbons (Fsp3) is 0.462. The monoisotopic (exact) mass is 280 g/mol. The van der Waals surface area contributed by atoms with Crippen LogP contribution in [0.4, 0.5) is 0 Å². The number of carbonyl (C=O) groups is 1. The maximum atomic E-state index is 12.1. The normalized spacial score (nSPS) is 12.6. The first kappa shape index (κ1) is 13.8. The Bertz CT molecular complexity index is 581. The second-order valence-corrected chi connectivity index (χ2v) is 4.63. The lowest BCUT2D eigenvalue weighted by molar-refractivity contribution is -0.123. The number of hydrogen-bond donors (Lipinski definition) is 1. The van der Waals surface area contributed by atoms with Crippen molar-refractivity contribution in [3.05, 3.63) is 24.3 Å². The van der Waals surface area contributed by atoms with Crippen molar-refractivity contribution in [1.82, 2.24) is 19.9 Å². The van der Waals surface area contributed by atoms with E-state index in [0.29, 0.717) is 12.4 Å². The zero-order valence-corrected chi connectivity index (χ0v) is 11.8. The largest absolute Gasteiger partial charge is 0.354 e. The second kappa shape index (κ2) is 6.02. The van der Waals surface area contributed by atoms with E-state index in [1.54, 1.807) is 12.4 Å². The number of nitrogens with one attached hydrogen (secondary N) is 1.